The van der Waals surface area contributed by atoms with Gasteiger partial charge in [-0.15, -0.1) is 0 Å². The van der Waals surface area contributed by atoms with E-state index in [-0.39, 0.29) is 4.90 Å². The molecule has 6 aromatic rings. The number of hydrogen-bond donors (Lipinski definition) is 0. The van der Waals surface area contributed by atoms with Gasteiger partial charge in [0.05, 0.1) is 39.2 Å². The summed E-state index contributed by atoms with van der Waals surface area (Å²) < 4.78 is 34.8. The number of fused-ring (bicyclic) bond motifs is 2. The lowest BCUT2D eigenvalue weighted by Crippen LogP contribution is -2.31. The molecule has 7 nitrogen and oxygen atoms in total. The van der Waals surface area contributed by atoms with Gasteiger partial charge < -0.3 is 9.80 Å². The highest BCUT2D eigenvalue weighted by molar-refractivity contribution is 7.89. The van der Waals surface area contributed by atoms with Gasteiger partial charge in [-0.3, -0.25) is 4.79 Å². The fourth-order valence-electron chi connectivity index (χ4n) is 5.39. The molecule has 0 spiro atoms. The van der Waals surface area contributed by atoms with Crippen molar-refractivity contribution >= 4 is 60.6 Å². The molecule has 1 aromatic heterocycles. The molecule has 0 aliphatic heterocycles. The van der Waals surface area contributed by atoms with Crippen LogP contribution in [-0.4, -0.2) is 39.8 Å². The number of benzene rings is 5. The normalized spacial score (nSPS) is 11.5. The van der Waals surface area contributed by atoms with Crippen LogP contribution in [0, 0.1) is 0 Å². The first kappa shape index (κ1) is 28.9. The second kappa shape index (κ2) is 11.5. The molecule has 8 heteroatoms. The van der Waals surface area contributed by atoms with Crippen LogP contribution in [0.3, 0.4) is 0 Å². The van der Waals surface area contributed by atoms with E-state index in [1.807, 2.05) is 111 Å². The minimum atomic E-state index is -4.13. The smallest absolute Gasteiger partial charge is 0.344 e. The lowest BCUT2D eigenvalue weighted by atomic mass is 9.96. The molecule has 6 rings (SSSR count). The highest BCUT2D eigenvalue weighted by Crippen LogP contribution is 2.42. The zero-order valence-electron chi connectivity index (χ0n) is 24.9. The zero-order chi connectivity index (χ0) is 31.0. The molecule has 0 fully saturated rings. The Morgan fingerprint density at radius 1 is 0.591 bits per heavy atom. The number of amides is 1. The van der Waals surface area contributed by atoms with E-state index in [0.717, 1.165) is 37.8 Å². The lowest BCUT2D eigenvalue weighted by Gasteiger charge is -2.21. The van der Waals surface area contributed by atoms with E-state index in [2.05, 4.69) is 9.80 Å². The van der Waals surface area contributed by atoms with Gasteiger partial charge in [-0.05, 0) is 54.6 Å². The van der Waals surface area contributed by atoms with Crippen LogP contribution in [0.5, 0.6) is 0 Å². The van der Waals surface area contributed by atoms with E-state index in [1.54, 1.807) is 24.3 Å². The summed E-state index contributed by atoms with van der Waals surface area (Å²) in [4.78, 5) is 16.4. The summed E-state index contributed by atoms with van der Waals surface area (Å²) in [6, 6.07) is 38.7. The summed E-state index contributed by atoms with van der Waals surface area (Å²) >= 11 is 0. The Bertz CT molecular complexity index is 2010. The highest BCUT2D eigenvalue weighted by atomic mass is 32.2. The van der Waals surface area contributed by atoms with Crippen LogP contribution in [0.2, 0.25) is 0 Å². The molecule has 0 atom stereocenters. The van der Waals surface area contributed by atoms with Crippen LogP contribution in [0.25, 0.3) is 33.1 Å². The van der Waals surface area contributed by atoms with Crippen LogP contribution in [0.1, 0.15) is 6.92 Å². The van der Waals surface area contributed by atoms with Crippen molar-refractivity contribution in [1.29, 1.82) is 0 Å². The first-order valence-corrected chi connectivity index (χ1v) is 15.6. The van der Waals surface area contributed by atoms with E-state index in [0.29, 0.717) is 22.3 Å². The number of hydrogen-bond acceptors (Lipinski definition) is 5. The Hall–Kier alpha value is -5.21. The molecule has 1 amide bonds. The number of carbonyl (C=O) groups excluding carboxylic acids is 1. The summed E-state index contributed by atoms with van der Waals surface area (Å²) in [5, 5.41) is 1.50. The van der Waals surface area contributed by atoms with Gasteiger partial charge in [-0.2, -0.15) is 0 Å². The van der Waals surface area contributed by atoms with Gasteiger partial charge in [0.15, 0.2) is 0 Å². The van der Waals surface area contributed by atoms with Crippen LogP contribution < -0.4 is 9.80 Å². The van der Waals surface area contributed by atoms with Crippen molar-refractivity contribution < 1.29 is 17.6 Å². The quantitative estimate of drug-likeness (QED) is 0.135. The van der Waals surface area contributed by atoms with Crippen molar-refractivity contribution in [1.82, 2.24) is 4.31 Å². The van der Waals surface area contributed by atoms with E-state index < -0.39 is 15.9 Å². The first-order valence-electron chi connectivity index (χ1n) is 14.2. The molecule has 220 valence electrons. The fraction of sp³-hybridized carbons (Fsp3) is 0.111. The van der Waals surface area contributed by atoms with Crippen molar-refractivity contribution in [2.24, 2.45) is 0 Å². The number of para-hydroxylation sites is 2. The van der Waals surface area contributed by atoms with Gasteiger partial charge in [-0.25, -0.2) is 17.1 Å². The summed E-state index contributed by atoms with van der Waals surface area (Å²) in [5.74, 6) is -0.570. The number of carbonyl (C=O) groups is 1. The Morgan fingerprint density at radius 2 is 1.05 bits per heavy atom. The molecule has 44 heavy (non-hydrogen) atoms. The fourth-order valence-corrected chi connectivity index (χ4v) is 6.72. The SMILES string of the molecule is CC(=O)N(C)S(=O)(=O)c1ccccc1-c1c2ccc(N(C)c3ccccc3)cc2[o+]c2cc(N(C)c3ccccc3)ccc12. The van der Waals surface area contributed by atoms with Gasteiger partial charge in [0.25, 0.3) is 10.0 Å². The van der Waals surface area contributed by atoms with Gasteiger partial charge in [0.2, 0.25) is 5.91 Å². The number of anilines is 4. The van der Waals surface area contributed by atoms with Crippen LogP contribution in [-0.2, 0) is 14.8 Å². The Kier molecular flexibility index (Phi) is 7.53. The third kappa shape index (κ3) is 5.14. The summed E-state index contributed by atoms with van der Waals surface area (Å²) in [7, 11) is 1.13. The molecular formula is C36H32N3O4S+. The van der Waals surface area contributed by atoms with Gasteiger partial charge in [0.1, 0.15) is 0 Å². The molecule has 0 N–H and O–H groups in total. The number of sulfonamides is 1. The van der Waals surface area contributed by atoms with E-state index in [4.69, 9.17) is 4.42 Å². The molecule has 0 radical (unpaired) electrons. The molecule has 0 bridgehead atoms. The van der Waals surface area contributed by atoms with Gasteiger partial charge in [0, 0.05) is 50.6 Å². The minimum absolute atomic E-state index is 0.0439. The second-order valence-corrected chi connectivity index (χ2v) is 12.6. The van der Waals surface area contributed by atoms with Crippen molar-refractivity contribution in [3.63, 3.8) is 0 Å². The van der Waals surface area contributed by atoms with Crippen LogP contribution >= 0.6 is 0 Å². The van der Waals surface area contributed by atoms with E-state index in [9.17, 15) is 13.2 Å². The average Bonchev–Trinajstić information content (AvgIpc) is 3.06. The molecule has 5 aromatic carbocycles. The summed E-state index contributed by atoms with van der Waals surface area (Å²) in [6.07, 6.45) is 0. The molecule has 0 saturated carbocycles. The molecule has 0 aliphatic carbocycles. The molecule has 1 heterocycles. The lowest BCUT2D eigenvalue weighted by molar-refractivity contribution is -0.123. The van der Waals surface area contributed by atoms with Crippen LogP contribution in [0.15, 0.2) is 131 Å². The predicted octanol–water partition coefficient (Wildman–Crippen LogP) is 8.24. The topological polar surface area (TPSA) is 72.2 Å². The monoisotopic (exact) mass is 602 g/mol. The van der Waals surface area contributed by atoms with Gasteiger partial charge in [-0.1, -0.05) is 54.6 Å². The Labute approximate surface area is 257 Å². The zero-order valence-corrected chi connectivity index (χ0v) is 25.7. The maximum absolute atomic E-state index is 13.7. The summed E-state index contributed by atoms with van der Waals surface area (Å²) in [5.41, 5.74) is 6.24. The standard InChI is InChI=1S/C36H32N3O4S/c1-25(40)39(4)44(41,42)35-18-12-11-17-32(35)36-30-21-19-28(37(2)26-13-7-5-8-14-26)23-33(30)43-34-24-29(20-22-31(34)36)38(3)27-15-9-6-10-16-27/h5-24H,1-4H3/q+1. The van der Waals surface area contributed by atoms with Gasteiger partial charge >= 0.3 is 11.2 Å². The number of rotatable bonds is 7. The average molecular weight is 603 g/mol. The Balaban J connectivity index is 1.63. The van der Waals surface area contributed by atoms with Crippen molar-refractivity contribution in [3.05, 3.63) is 121 Å². The van der Waals surface area contributed by atoms with E-state index >= 15 is 0 Å². The van der Waals surface area contributed by atoms with Crippen molar-refractivity contribution in [2.75, 3.05) is 30.9 Å². The summed E-state index contributed by atoms with van der Waals surface area (Å²) in [6.45, 7) is 1.24. The van der Waals surface area contributed by atoms with Crippen molar-refractivity contribution in [2.45, 2.75) is 11.8 Å². The molecule has 0 saturated heterocycles. The Morgan fingerprint density at radius 3 is 1.52 bits per heavy atom. The third-order valence-electron chi connectivity index (χ3n) is 7.99. The molecule has 0 aliphatic rings. The minimum Gasteiger partial charge on any atom is -0.344 e. The molecule has 0 unspecified atom stereocenters. The third-order valence-corrected chi connectivity index (χ3v) is 9.88. The number of nitrogens with zero attached hydrogens (tertiary/aromatic N) is 3. The van der Waals surface area contributed by atoms with E-state index in [1.165, 1.54) is 14.0 Å². The highest BCUT2D eigenvalue weighted by Gasteiger charge is 2.30. The largest absolute Gasteiger partial charge is 0.363 e. The maximum atomic E-state index is 13.7. The van der Waals surface area contributed by atoms with Crippen LogP contribution in [0.4, 0.5) is 22.7 Å². The first-order chi connectivity index (χ1) is 21.2. The second-order valence-electron chi connectivity index (χ2n) is 10.6. The maximum Gasteiger partial charge on any atom is 0.363 e. The van der Waals surface area contributed by atoms with Crippen molar-refractivity contribution in [3.8, 4) is 11.1 Å². The molecular weight excluding hydrogens is 570 g/mol. The predicted molar refractivity (Wildman–Crippen MR) is 178 cm³/mol.